The van der Waals surface area contributed by atoms with E-state index in [0.29, 0.717) is 0 Å². The van der Waals surface area contributed by atoms with E-state index in [0.717, 1.165) is 6.54 Å². The second-order valence-corrected chi connectivity index (χ2v) is 11.2. The molecule has 0 bridgehead atoms. The zero-order chi connectivity index (χ0) is 25.2. The number of aryl methyl sites for hydroxylation is 2. The van der Waals surface area contributed by atoms with Crippen molar-refractivity contribution in [3.8, 4) is 0 Å². The Morgan fingerprint density at radius 1 is 0.486 bits per heavy atom. The van der Waals surface area contributed by atoms with Gasteiger partial charge in [-0.15, -0.1) is 0 Å². The van der Waals surface area contributed by atoms with Crippen molar-refractivity contribution in [1.82, 2.24) is 4.57 Å². The average Bonchev–Trinajstić information content (AvgIpc) is 3.27. The molecule has 0 saturated carbocycles. The molecule has 1 rings (SSSR count). The number of aromatic nitrogens is 2. The first-order chi connectivity index (χ1) is 17.3. The smallest absolute Gasteiger partial charge is 0.235 e. The van der Waals surface area contributed by atoms with Crippen LogP contribution in [0.3, 0.4) is 0 Å². The third-order valence-electron chi connectivity index (χ3n) is 7.94. The van der Waals surface area contributed by atoms with Gasteiger partial charge in [0.15, 0.2) is 0 Å². The van der Waals surface area contributed by atoms with Crippen molar-refractivity contribution in [3.63, 3.8) is 0 Å². The van der Waals surface area contributed by atoms with Crippen LogP contribution in [0.5, 0.6) is 0 Å². The molecule has 0 unspecified atom stereocenters. The second kappa shape index (κ2) is 24.9. The molecule has 1 aromatic heterocycles. The first-order valence-corrected chi connectivity index (χ1v) is 16.4. The summed E-state index contributed by atoms with van der Waals surface area (Å²) in [5, 5.41) is 0. The topological polar surface area (TPSA) is 8.81 Å². The molecule has 0 aliphatic rings. The van der Waals surface area contributed by atoms with Gasteiger partial charge in [-0.1, -0.05) is 149 Å². The zero-order valence-corrected chi connectivity index (χ0v) is 24.6. The summed E-state index contributed by atoms with van der Waals surface area (Å²) in [6.45, 7) is 9.23. The standard InChI is InChI=1S/C33H65N2/c1-4-7-9-11-13-15-17-18-19-21-23-25-27-29-33-34(6-3)31-32-35(33)30-28-26-24-22-20-16-14-12-10-8-5-2/h31-32H,4-30H2,1-3H3/q+1. The summed E-state index contributed by atoms with van der Waals surface area (Å²) in [5.74, 6) is 1.57. The second-order valence-electron chi connectivity index (χ2n) is 11.2. The van der Waals surface area contributed by atoms with Gasteiger partial charge in [0, 0.05) is 6.42 Å². The minimum Gasteiger partial charge on any atom is -0.235 e. The van der Waals surface area contributed by atoms with Crippen LogP contribution in [0.1, 0.15) is 181 Å². The van der Waals surface area contributed by atoms with Gasteiger partial charge in [0.25, 0.3) is 5.82 Å². The van der Waals surface area contributed by atoms with Gasteiger partial charge < -0.3 is 0 Å². The Kier molecular flexibility index (Phi) is 22.9. The third kappa shape index (κ3) is 18.2. The van der Waals surface area contributed by atoms with Gasteiger partial charge in [0.1, 0.15) is 12.4 Å². The molecule has 0 saturated heterocycles. The molecule has 0 amide bonds. The van der Waals surface area contributed by atoms with Crippen molar-refractivity contribution in [2.45, 2.75) is 194 Å². The summed E-state index contributed by atoms with van der Waals surface area (Å²) in [4.78, 5) is 0. The van der Waals surface area contributed by atoms with Crippen LogP contribution in [0.4, 0.5) is 0 Å². The minimum absolute atomic E-state index is 1.11. The minimum atomic E-state index is 1.11. The van der Waals surface area contributed by atoms with E-state index in [1.54, 1.807) is 5.82 Å². The lowest BCUT2D eigenvalue weighted by atomic mass is 10.0. The Labute approximate surface area is 221 Å². The first kappa shape index (κ1) is 32.2. The molecule has 0 N–H and O–H groups in total. The molecule has 35 heavy (non-hydrogen) atoms. The fourth-order valence-electron chi connectivity index (χ4n) is 5.52. The number of hydrogen-bond acceptors (Lipinski definition) is 0. The third-order valence-corrected chi connectivity index (χ3v) is 7.94. The van der Waals surface area contributed by atoms with E-state index in [9.17, 15) is 0 Å². The quantitative estimate of drug-likeness (QED) is 0.0858. The summed E-state index contributed by atoms with van der Waals surface area (Å²) in [6.07, 6.45) is 40.3. The molecule has 0 aliphatic heterocycles. The highest BCUT2D eigenvalue weighted by Gasteiger charge is 2.15. The molecule has 2 nitrogen and oxygen atoms in total. The molecule has 0 aliphatic carbocycles. The maximum Gasteiger partial charge on any atom is 0.256 e. The molecule has 206 valence electrons. The summed E-state index contributed by atoms with van der Waals surface area (Å²) < 4.78 is 5.05. The SMILES string of the molecule is CCCCCCCCCCCCCCCc1n(CC)cc[n+]1CCCCCCCCCCCCC. The van der Waals surface area contributed by atoms with Crippen molar-refractivity contribution < 1.29 is 4.57 Å². The predicted octanol–water partition coefficient (Wildman–Crippen LogP) is 10.7. The van der Waals surface area contributed by atoms with Gasteiger partial charge in [0.2, 0.25) is 0 Å². The van der Waals surface area contributed by atoms with Gasteiger partial charge in [-0.05, 0) is 26.2 Å². The molecule has 0 spiro atoms. The highest BCUT2D eigenvalue weighted by atomic mass is 15.1. The lowest BCUT2D eigenvalue weighted by molar-refractivity contribution is -0.704. The molecule has 0 radical (unpaired) electrons. The van der Waals surface area contributed by atoms with Crippen molar-refractivity contribution in [2.24, 2.45) is 0 Å². The van der Waals surface area contributed by atoms with E-state index >= 15 is 0 Å². The summed E-state index contributed by atoms with van der Waals surface area (Å²) in [6, 6.07) is 0. The number of imidazole rings is 1. The first-order valence-electron chi connectivity index (χ1n) is 16.4. The summed E-state index contributed by atoms with van der Waals surface area (Å²) in [7, 11) is 0. The van der Waals surface area contributed by atoms with E-state index in [1.165, 1.54) is 167 Å². The lowest BCUT2D eigenvalue weighted by Crippen LogP contribution is -2.37. The van der Waals surface area contributed by atoms with Crippen molar-refractivity contribution in [3.05, 3.63) is 18.2 Å². The Morgan fingerprint density at radius 3 is 1.26 bits per heavy atom. The highest BCUT2D eigenvalue weighted by Crippen LogP contribution is 2.14. The van der Waals surface area contributed by atoms with Crippen LogP contribution in [-0.2, 0) is 19.5 Å². The molecule has 0 atom stereocenters. The van der Waals surface area contributed by atoms with Crippen LogP contribution < -0.4 is 4.57 Å². The fourth-order valence-corrected chi connectivity index (χ4v) is 5.52. The number of nitrogens with zero attached hydrogens (tertiary/aromatic N) is 2. The zero-order valence-electron chi connectivity index (χ0n) is 24.6. The van der Waals surface area contributed by atoms with Gasteiger partial charge in [-0.2, -0.15) is 0 Å². The number of unbranched alkanes of at least 4 members (excludes halogenated alkanes) is 22. The molecule has 1 heterocycles. The van der Waals surface area contributed by atoms with Crippen LogP contribution in [-0.4, -0.2) is 4.57 Å². The van der Waals surface area contributed by atoms with Crippen molar-refractivity contribution in [2.75, 3.05) is 0 Å². The normalized spacial score (nSPS) is 11.5. The summed E-state index contributed by atoms with van der Waals surface area (Å²) in [5.41, 5.74) is 0. The number of hydrogen-bond donors (Lipinski definition) is 0. The molecule has 0 aromatic carbocycles. The Morgan fingerprint density at radius 2 is 0.857 bits per heavy atom. The largest absolute Gasteiger partial charge is 0.256 e. The van der Waals surface area contributed by atoms with Crippen LogP contribution in [0, 0.1) is 0 Å². The Hall–Kier alpha value is -0.790. The molecular formula is C33H65N2+. The van der Waals surface area contributed by atoms with E-state index in [2.05, 4.69) is 42.3 Å². The van der Waals surface area contributed by atoms with E-state index in [1.807, 2.05) is 0 Å². The van der Waals surface area contributed by atoms with Gasteiger partial charge in [-0.25, -0.2) is 9.13 Å². The Bertz CT molecular complexity index is 547. The maximum atomic E-state index is 2.57. The lowest BCUT2D eigenvalue weighted by Gasteiger charge is -2.06. The van der Waals surface area contributed by atoms with Crippen LogP contribution in [0.2, 0.25) is 0 Å². The van der Waals surface area contributed by atoms with Gasteiger partial charge in [0.05, 0.1) is 13.1 Å². The highest BCUT2D eigenvalue weighted by molar-refractivity contribution is 4.83. The Balaban J connectivity index is 2.03. The monoisotopic (exact) mass is 490 g/mol. The van der Waals surface area contributed by atoms with Gasteiger partial charge in [-0.3, -0.25) is 0 Å². The van der Waals surface area contributed by atoms with Crippen molar-refractivity contribution in [1.29, 1.82) is 0 Å². The average molecular weight is 490 g/mol. The van der Waals surface area contributed by atoms with E-state index < -0.39 is 0 Å². The number of rotatable bonds is 27. The van der Waals surface area contributed by atoms with Gasteiger partial charge >= 0.3 is 0 Å². The fraction of sp³-hybridized carbons (Fsp3) is 0.909. The van der Waals surface area contributed by atoms with Crippen molar-refractivity contribution >= 4 is 0 Å². The van der Waals surface area contributed by atoms with E-state index in [4.69, 9.17) is 0 Å². The summed E-state index contributed by atoms with van der Waals surface area (Å²) >= 11 is 0. The predicted molar refractivity (Wildman–Crippen MR) is 156 cm³/mol. The van der Waals surface area contributed by atoms with E-state index in [-0.39, 0.29) is 0 Å². The maximum absolute atomic E-state index is 2.57. The van der Waals surface area contributed by atoms with Crippen LogP contribution in [0.25, 0.3) is 0 Å². The molecular weight excluding hydrogens is 424 g/mol. The molecule has 0 fully saturated rings. The molecule has 2 heteroatoms. The van der Waals surface area contributed by atoms with Crippen LogP contribution in [0.15, 0.2) is 12.4 Å². The molecule has 1 aromatic rings. The van der Waals surface area contributed by atoms with Crippen LogP contribution >= 0.6 is 0 Å².